The molecule has 0 aliphatic carbocycles. The first-order chi connectivity index (χ1) is 26.7. The Balaban J connectivity index is 0.000000168. The highest BCUT2D eigenvalue weighted by Crippen LogP contribution is 2.47. The Morgan fingerprint density at radius 2 is 1.27 bits per heavy atom. The number of nitrogens with one attached hydrogen (secondary N) is 1. The summed E-state index contributed by atoms with van der Waals surface area (Å²) in [6.45, 7) is 13.2. The number of hydrogen-bond donors (Lipinski definition) is 2. The minimum Gasteiger partial charge on any atom is -0.424 e. The average molecular weight is 793 g/mol. The monoisotopic (exact) mass is 792 g/mol. The predicted molar refractivity (Wildman–Crippen MR) is 189 cm³/mol. The Morgan fingerprint density at radius 1 is 0.768 bits per heavy atom. The second-order valence-electron chi connectivity index (χ2n) is 17.2. The normalized spacial score (nSPS) is 40.5. The number of fused-ring (bicyclic) bond motifs is 6. The minimum atomic E-state index is -1.03. The molecule has 9 fully saturated rings. The highest BCUT2D eigenvalue weighted by molar-refractivity contribution is 5.79. The molecule has 0 unspecified atom stereocenters. The van der Waals surface area contributed by atoms with Gasteiger partial charge in [0.2, 0.25) is 17.5 Å². The summed E-state index contributed by atoms with van der Waals surface area (Å²) in [6.07, 6.45) is 0.905. The molecule has 0 saturated carbocycles. The van der Waals surface area contributed by atoms with Crippen LogP contribution in [0.15, 0.2) is 0 Å². The molecule has 9 rings (SSSR count). The third kappa shape index (κ3) is 8.07. The Hall–Kier alpha value is -2.90. The van der Waals surface area contributed by atoms with Crippen LogP contribution in [0.1, 0.15) is 66.2 Å². The van der Waals surface area contributed by atoms with Gasteiger partial charge in [-0.15, -0.1) is 0 Å². The molecule has 3 N–H and O–H groups in total. The van der Waals surface area contributed by atoms with Crippen molar-refractivity contribution in [3.63, 3.8) is 0 Å². The zero-order valence-corrected chi connectivity index (χ0v) is 32.7. The molecular formula is C37H56N6O13. The highest BCUT2D eigenvalue weighted by Gasteiger charge is 2.67. The molecule has 1 amide bonds. The van der Waals surface area contributed by atoms with Gasteiger partial charge in [-0.2, -0.15) is 5.26 Å². The number of piperidine rings is 2. The van der Waals surface area contributed by atoms with Crippen molar-refractivity contribution in [3.8, 4) is 6.07 Å². The number of hydrogen-bond acceptors (Lipinski definition) is 18. The molecule has 19 nitrogen and oxygen atoms in total. The smallest absolute Gasteiger partial charge is 0.424 e. The second-order valence-corrected chi connectivity index (χ2v) is 17.2. The van der Waals surface area contributed by atoms with E-state index in [1.165, 1.54) is 0 Å². The summed E-state index contributed by atoms with van der Waals surface area (Å²) in [5, 5.41) is 12.6. The molecule has 56 heavy (non-hydrogen) atoms. The average Bonchev–Trinajstić information content (AvgIpc) is 3.96. The van der Waals surface area contributed by atoms with Crippen molar-refractivity contribution >= 4 is 18.2 Å². The van der Waals surface area contributed by atoms with Crippen molar-refractivity contribution in [1.29, 1.82) is 5.26 Å². The van der Waals surface area contributed by atoms with Gasteiger partial charge in [0.25, 0.3) is 0 Å². The van der Waals surface area contributed by atoms with Crippen LogP contribution in [0.25, 0.3) is 0 Å². The number of nitriles is 1. The Labute approximate surface area is 326 Å². The predicted octanol–water partition coefficient (Wildman–Crippen LogP) is 0.528. The number of ether oxygens (including phenoxy) is 10. The molecule has 9 heterocycles. The molecule has 0 radical (unpaired) electrons. The maximum Gasteiger partial charge on any atom is 0.509 e. The standard InChI is InChI=1S/C22H32N4O7.C15H24N2O6/c1-21(2)32-19-18-16(30-20(28)31-18)12-29-22(19,33-21)13-25-8-5-14(6-9-25)24-11-17(27)26-7-3-4-15(26)10-23;1-14(2)22-12-11-10(20-13(18)21-11)7-19-15(12,23-14)8-17-5-3-9(16)4-6-17/h14-16,18-19,24H,3-9,11-13H2,1-2H3;9-12H,3-8,16H2,1-2H3/t15-,16+,18+,19-,22-;10-,11-,12+,15+/m01/s1. The Morgan fingerprint density at radius 3 is 1.77 bits per heavy atom. The lowest BCUT2D eigenvalue weighted by molar-refractivity contribution is -0.287. The van der Waals surface area contributed by atoms with Crippen molar-refractivity contribution in [2.24, 2.45) is 5.73 Å². The summed E-state index contributed by atoms with van der Waals surface area (Å²) in [5.41, 5.74) is 5.98. The third-order valence-corrected chi connectivity index (χ3v) is 12.2. The van der Waals surface area contributed by atoms with E-state index < -0.39 is 72.1 Å². The first-order valence-electron chi connectivity index (χ1n) is 20.1. The third-order valence-electron chi connectivity index (χ3n) is 12.2. The summed E-state index contributed by atoms with van der Waals surface area (Å²) < 4.78 is 57.7. The Kier molecular flexibility index (Phi) is 10.9. The number of likely N-dealkylation sites (tertiary alicyclic amines) is 3. The maximum absolute atomic E-state index is 12.5. The largest absolute Gasteiger partial charge is 0.509 e. The van der Waals surface area contributed by atoms with E-state index in [1.807, 2.05) is 27.7 Å². The maximum atomic E-state index is 12.5. The van der Waals surface area contributed by atoms with Gasteiger partial charge < -0.3 is 63.3 Å². The Bertz CT molecular complexity index is 1530. The summed E-state index contributed by atoms with van der Waals surface area (Å²) in [4.78, 5) is 41.9. The topological polar surface area (TPSA) is 215 Å². The van der Waals surface area contributed by atoms with Crippen molar-refractivity contribution in [2.75, 3.05) is 65.6 Å². The zero-order valence-electron chi connectivity index (χ0n) is 32.7. The number of carbonyl (C=O) groups excluding carboxylic acids is 3. The van der Waals surface area contributed by atoms with Crippen LogP contribution in [0.2, 0.25) is 0 Å². The van der Waals surface area contributed by atoms with E-state index in [2.05, 4.69) is 21.2 Å². The van der Waals surface area contributed by atoms with Crippen molar-refractivity contribution in [3.05, 3.63) is 0 Å². The van der Waals surface area contributed by atoms with E-state index in [4.69, 9.17) is 53.1 Å². The van der Waals surface area contributed by atoms with E-state index in [1.54, 1.807) is 4.90 Å². The molecule has 9 aliphatic heterocycles. The molecule has 9 saturated heterocycles. The van der Waals surface area contributed by atoms with E-state index in [9.17, 15) is 19.6 Å². The van der Waals surface area contributed by atoms with Crippen LogP contribution in [-0.4, -0.2) is 176 Å². The fourth-order valence-corrected chi connectivity index (χ4v) is 9.57. The van der Waals surface area contributed by atoms with Gasteiger partial charge in [-0.3, -0.25) is 14.6 Å². The summed E-state index contributed by atoms with van der Waals surface area (Å²) in [6, 6.07) is 2.43. The zero-order chi connectivity index (χ0) is 39.5. The fraction of sp³-hybridized carbons (Fsp3) is 0.892. The second kappa shape index (κ2) is 15.4. The SMILES string of the molecule is CC1(C)O[C@H]2[C@@H]3OC(=O)O[C@@H]3CO[C@@]2(CN2CCC(N)CC2)O1.CC1(C)O[C@H]2[C@@H]3OC(=O)O[C@@H]3CO[C@@]2(CN2CCC(NCC(=O)N3CCC[C@H]3C#N)CC2)O1. The number of nitrogens with zero attached hydrogens (tertiary/aromatic N) is 4. The van der Waals surface area contributed by atoms with Gasteiger partial charge >= 0.3 is 12.3 Å². The van der Waals surface area contributed by atoms with Crippen LogP contribution >= 0.6 is 0 Å². The van der Waals surface area contributed by atoms with Gasteiger partial charge in [-0.1, -0.05) is 0 Å². The number of carbonyl (C=O) groups is 3. The molecular weight excluding hydrogens is 736 g/mol. The summed E-state index contributed by atoms with van der Waals surface area (Å²) in [7, 11) is 0. The molecule has 9 atom stereocenters. The lowest BCUT2D eigenvalue weighted by Crippen LogP contribution is -2.63. The quantitative estimate of drug-likeness (QED) is 0.336. The van der Waals surface area contributed by atoms with Crippen LogP contribution in [0.4, 0.5) is 9.59 Å². The van der Waals surface area contributed by atoms with Gasteiger partial charge in [-0.25, -0.2) is 9.59 Å². The van der Waals surface area contributed by atoms with Gasteiger partial charge in [0.1, 0.15) is 6.04 Å². The van der Waals surface area contributed by atoms with E-state index in [0.29, 0.717) is 19.6 Å². The first-order valence-corrected chi connectivity index (χ1v) is 20.1. The van der Waals surface area contributed by atoms with Gasteiger partial charge in [0, 0.05) is 18.6 Å². The lowest BCUT2D eigenvalue weighted by Gasteiger charge is -2.44. The van der Waals surface area contributed by atoms with Crippen LogP contribution in [0, 0.1) is 11.3 Å². The first kappa shape index (κ1) is 39.9. The lowest BCUT2D eigenvalue weighted by atomic mass is 9.95. The van der Waals surface area contributed by atoms with Gasteiger partial charge in [0.15, 0.2) is 48.2 Å². The van der Waals surface area contributed by atoms with Crippen LogP contribution < -0.4 is 11.1 Å². The van der Waals surface area contributed by atoms with Gasteiger partial charge in [0.05, 0.1) is 38.9 Å². The molecule has 0 bridgehead atoms. The van der Waals surface area contributed by atoms with Crippen molar-refractivity contribution in [2.45, 2.75) is 144 Å². The van der Waals surface area contributed by atoms with E-state index >= 15 is 0 Å². The van der Waals surface area contributed by atoms with E-state index in [-0.39, 0.29) is 43.8 Å². The van der Waals surface area contributed by atoms with Crippen molar-refractivity contribution in [1.82, 2.24) is 20.0 Å². The molecule has 19 heteroatoms. The van der Waals surface area contributed by atoms with Crippen LogP contribution in [0.3, 0.4) is 0 Å². The fourth-order valence-electron chi connectivity index (χ4n) is 9.57. The van der Waals surface area contributed by atoms with Crippen molar-refractivity contribution < 1.29 is 61.8 Å². The molecule has 0 spiro atoms. The number of nitrogens with two attached hydrogens (primary N) is 1. The summed E-state index contributed by atoms with van der Waals surface area (Å²) in [5.74, 6) is -3.65. The molecule has 312 valence electrons. The van der Waals surface area contributed by atoms with E-state index in [0.717, 1.165) is 64.7 Å². The highest BCUT2D eigenvalue weighted by atomic mass is 16.9. The molecule has 0 aromatic carbocycles. The number of rotatable bonds is 7. The molecule has 0 aromatic rings. The van der Waals surface area contributed by atoms with Gasteiger partial charge in [-0.05, 0) is 92.4 Å². The minimum absolute atomic E-state index is 0.000403. The molecule has 9 aliphatic rings. The van der Waals surface area contributed by atoms with Crippen LogP contribution in [-0.2, 0) is 52.2 Å². The summed E-state index contributed by atoms with van der Waals surface area (Å²) >= 11 is 0. The van der Waals surface area contributed by atoms with Crippen LogP contribution in [0.5, 0.6) is 0 Å². The number of amides is 1. The molecule has 0 aromatic heterocycles.